The van der Waals surface area contributed by atoms with Crippen molar-refractivity contribution < 1.29 is 0 Å². The number of hydrogen-bond acceptors (Lipinski definition) is 2. The number of amidine groups is 1. The molecule has 0 spiro atoms. The number of nitrogens with one attached hydrogen (secondary N) is 1. The Kier molecular flexibility index (Phi) is 7.88. The number of aliphatic imine (C=N–C) groups is 1. The Morgan fingerprint density at radius 1 is 1.28 bits per heavy atom. The van der Waals surface area contributed by atoms with E-state index in [2.05, 4.69) is 84.6 Å². The second kappa shape index (κ2) is 10.8. The fourth-order valence-electron chi connectivity index (χ4n) is 3.69. The number of piperidine rings is 1. The molecule has 1 aromatic heterocycles. The fourth-order valence-corrected chi connectivity index (χ4v) is 3.69. The maximum atomic E-state index is 6.25. The third kappa shape index (κ3) is 5.94. The smallest absolute Gasteiger partial charge is 0.125 e. The number of aromatic nitrogens is 1. The van der Waals surface area contributed by atoms with Gasteiger partial charge in [-0.1, -0.05) is 55.8 Å². The monoisotopic (exact) mass is 390 g/mol. The molecule has 0 aliphatic carbocycles. The van der Waals surface area contributed by atoms with Gasteiger partial charge in [0.15, 0.2) is 0 Å². The molecule has 3 rings (SSSR count). The van der Waals surface area contributed by atoms with Crippen LogP contribution in [0.4, 0.5) is 0 Å². The average molecular weight is 391 g/mol. The molecule has 2 aromatic rings. The molecule has 1 aliphatic rings. The van der Waals surface area contributed by atoms with Crippen LogP contribution in [0.3, 0.4) is 0 Å². The zero-order chi connectivity index (χ0) is 20.5. The van der Waals surface area contributed by atoms with E-state index in [1.54, 1.807) is 0 Å². The van der Waals surface area contributed by atoms with Crippen LogP contribution in [0.15, 0.2) is 53.7 Å². The van der Waals surface area contributed by atoms with E-state index in [0.29, 0.717) is 11.9 Å². The second-order valence-electron chi connectivity index (χ2n) is 7.67. The maximum absolute atomic E-state index is 6.25. The van der Waals surface area contributed by atoms with Crippen LogP contribution in [0.2, 0.25) is 0 Å². The van der Waals surface area contributed by atoms with E-state index in [4.69, 9.17) is 10.7 Å². The summed E-state index contributed by atoms with van der Waals surface area (Å²) >= 11 is 0. The predicted molar refractivity (Wildman–Crippen MR) is 124 cm³/mol. The van der Waals surface area contributed by atoms with Crippen LogP contribution >= 0.6 is 0 Å². The highest BCUT2D eigenvalue weighted by atomic mass is 15.0. The van der Waals surface area contributed by atoms with Crippen molar-refractivity contribution in [2.75, 3.05) is 13.1 Å². The first-order valence-corrected chi connectivity index (χ1v) is 10.8. The predicted octanol–water partition coefficient (Wildman–Crippen LogP) is 2.93. The van der Waals surface area contributed by atoms with E-state index < -0.39 is 0 Å². The topological polar surface area (TPSA) is 55.3 Å². The molecule has 0 radical (unpaired) electrons. The number of nitrogens with zero attached hydrogens (tertiary/aromatic N) is 2. The molecule has 0 amide bonds. The minimum atomic E-state index is 0.297. The molecule has 1 aliphatic heterocycles. The summed E-state index contributed by atoms with van der Waals surface area (Å²) in [5.41, 5.74) is 8.51. The van der Waals surface area contributed by atoms with Gasteiger partial charge in [0.2, 0.25) is 0 Å². The Balaban J connectivity index is 1.75. The summed E-state index contributed by atoms with van der Waals surface area (Å²) in [6.45, 7) is 7.14. The lowest BCUT2D eigenvalue weighted by molar-refractivity contribution is 0.461. The Bertz CT molecular complexity index is 942. The highest BCUT2D eigenvalue weighted by Gasteiger charge is 2.12. The molecule has 2 heterocycles. The van der Waals surface area contributed by atoms with Crippen molar-refractivity contribution in [3.05, 3.63) is 70.4 Å². The lowest BCUT2D eigenvalue weighted by Gasteiger charge is -2.19. The van der Waals surface area contributed by atoms with E-state index in [1.165, 1.54) is 29.0 Å². The largest absolute Gasteiger partial charge is 0.383 e. The molecule has 1 fully saturated rings. The first-order chi connectivity index (χ1) is 14.2. The van der Waals surface area contributed by atoms with Gasteiger partial charge < -0.3 is 15.6 Å². The summed E-state index contributed by atoms with van der Waals surface area (Å²) in [6.07, 6.45) is 15.5. The van der Waals surface area contributed by atoms with Gasteiger partial charge in [-0.3, -0.25) is 4.99 Å². The van der Waals surface area contributed by atoms with Gasteiger partial charge in [-0.25, -0.2) is 0 Å². The number of hydrogen-bond donors (Lipinski definition) is 2. The van der Waals surface area contributed by atoms with Gasteiger partial charge >= 0.3 is 0 Å². The van der Waals surface area contributed by atoms with Crippen LogP contribution in [0, 0.1) is 0 Å². The van der Waals surface area contributed by atoms with Gasteiger partial charge in [-0.2, -0.15) is 0 Å². The molecule has 3 N–H and O–H groups in total. The van der Waals surface area contributed by atoms with Gasteiger partial charge in [0.1, 0.15) is 5.84 Å². The lowest BCUT2D eigenvalue weighted by Crippen LogP contribution is -2.34. The first-order valence-electron chi connectivity index (χ1n) is 10.8. The first kappa shape index (κ1) is 21.1. The minimum Gasteiger partial charge on any atom is -0.383 e. The van der Waals surface area contributed by atoms with Crippen LogP contribution in [-0.2, 0) is 6.54 Å². The zero-order valence-electron chi connectivity index (χ0n) is 17.8. The number of unbranched alkanes of at least 4 members (excludes halogenated alkanes) is 1. The molecule has 4 nitrogen and oxygen atoms in total. The Morgan fingerprint density at radius 2 is 2.10 bits per heavy atom. The lowest BCUT2D eigenvalue weighted by atomic mass is 10.1. The number of nitrogens with two attached hydrogens (primary N) is 1. The van der Waals surface area contributed by atoms with Gasteiger partial charge in [-0.05, 0) is 55.7 Å². The second-order valence-corrected chi connectivity index (χ2v) is 7.67. The molecular weight excluding hydrogens is 356 g/mol. The van der Waals surface area contributed by atoms with Crippen LogP contribution in [0.25, 0.3) is 12.2 Å². The van der Waals surface area contributed by atoms with Crippen molar-refractivity contribution in [2.24, 2.45) is 10.7 Å². The van der Waals surface area contributed by atoms with Crippen molar-refractivity contribution in [1.82, 2.24) is 9.88 Å². The summed E-state index contributed by atoms with van der Waals surface area (Å²) in [5.74, 6) is 0.643. The van der Waals surface area contributed by atoms with Crippen molar-refractivity contribution in [2.45, 2.75) is 52.1 Å². The van der Waals surface area contributed by atoms with Gasteiger partial charge in [0.05, 0.1) is 6.04 Å². The van der Waals surface area contributed by atoms with Crippen LogP contribution in [0.5, 0.6) is 0 Å². The van der Waals surface area contributed by atoms with Crippen molar-refractivity contribution in [3.63, 3.8) is 0 Å². The van der Waals surface area contributed by atoms with E-state index in [0.717, 1.165) is 38.0 Å². The highest BCUT2D eigenvalue weighted by molar-refractivity contribution is 5.97. The SMILES string of the molecule is C/C=c1/ccn(Cc2ccc(C(N)=NC3CCCNC3)cc2)/c1=C/C=C\CCC. The molecule has 0 saturated carbocycles. The molecule has 154 valence electrons. The average Bonchev–Trinajstić information content (AvgIpc) is 3.14. The number of rotatable bonds is 7. The van der Waals surface area contributed by atoms with Crippen LogP contribution < -0.4 is 21.6 Å². The molecule has 1 saturated heterocycles. The molecule has 1 unspecified atom stereocenters. The highest BCUT2D eigenvalue weighted by Crippen LogP contribution is 2.09. The fraction of sp³-hybridized carbons (Fsp3) is 0.400. The Labute approximate surface area is 174 Å². The van der Waals surface area contributed by atoms with Crippen molar-refractivity contribution in [1.29, 1.82) is 0 Å². The molecule has 0 bridgehead atoms. The number of benzene rings is 1. The summed E-state index contributed by atoms with van der Waals surface area (Å²) in [4.78, 5) is 4.71. The third-order valence-corrected chi connectivity index (χ3v) is 5.39. The third-order valence-electron chi connectivity index (χ3n) is 5.39. The summed E-state index contributed by atoms with van der Waals surface area (Å²) in [6, 6.07) is 11.0. The zero-order valence-corrected chi connectivity index (χ0v) is 17.8. The maximum Gasteiger partial charge on any atom is 0.125 e. The van der Waals surface area contributed by atoms with Gasteiger partial charge in [0, 0.05) is 30.2 Å². The summed E-state index contributed by atoms with van der Waals surface area (Å²) < 4.78 is 2.30. The standard InChI is InChI=1S/C25H34N4/c1-3-5-6-7-10-24-21(4-2)15-17-29(24)19-20-11-13-22(14-12-20)25(26)28-23-9-8-16-27-18-23/h4,6-7,10-15,17,23,27H,3,5,8-9,16,18-19H2,1-2H3,(H2,26,28)/b7-6-,21-4-,24-10+. The summed E-state index contributed by atoms with van der Waals surface area (Å²) in [7, 11) is 0. The van der Waals surface area contributed by atoms with Crippen molar-refractivity contribution >= 4 is 18.0 Å². The van der Waals surface area contributed by atoms with E-state index in [-0.39, 0.29) is 0 Å². The summed E-state index contributed by atoms with van der Waals surface area (Å²) in [5, 5.41) is 5.90. The minimum absolute atomic E-state index is 0.297. The molecule has 4 heteroatoms. The molecule has 29 heavy (non-hydrogen) atoms. The van der Waals surface area contributed by atoms with Crippen LogP contribution in [-0.4, -0.2) is 29.5 Å². The molecule has 1 aromatic carbocycles. The molecular formula is C25H34N4. The Morgan fingerprint density at radius 3 is 2.79 bits per heavy atom. The van der Waals surface area contributed by atoms with E-state index in [9.17, 15) is 0 Å². The van der Waals surface area contributed by atoms with Gasteiger partial charge in [-0.15, -0.1) is 0 Å². The molecule has 1 atom stereocenters. The normalized spacial score (nSPS) is 19.4. The van der Waals surface area contributed by atoms with Crippen LogP contribution in [0.1, 0.15) is 50.7 Å². The van der Waals surface area contributed by atoms with E-state index >= 15 is 0 Å². The van der Waals surface area contributed by atoms with Crippen molar-refractivity contribution in [3.8, 4) is 0 Å². The van der Waals surface area contributed by atoms with E-state index in [1.807, 2.05) is 0 Å². The quantitative estimate of drug-likeness (QED) is 0.564. The van der Waals surface area contributed by atoms with Gasteiger partial charge in [0.25, 0.3) is 0 Å². The Hall–Kier alpha value is -2.59. The number of allylic oxidation sites excluding steroid dienone is 2.